The number of carbonyl (C=O) groups excluding carboxylic acids is 1. The van der Waals surface area contributed by atoms with Gasteiger partial charge in [0.25, 0.3) is 0 Å². The Balaban J connectivity index is 1.80. The van der Waals surface area contributed by atoms with Crippen molar-refractivity contribution in [1.29, 1.82) is 0 Å². The molecule has 0 bridgehead atoms. The molecule has 0 radical (unpaired) electrons. The van der Waals surface area contributed by atoms with Crippen LogP contribution in [0.3, 0.4) is 0 Å². The number of hydrogen-bond acceptors (Lipinski definition) is 2. The van der Waals surface area contributed by atoms with Crippen LogP contribution in [-0.2, 0) is 0 Å². The average molecular weight is 297 g/mol. The molecule has 2 saturated heterocycles. The number of hydrogen-bond donors (Lipinski definition) is 0. The summed E-state index contributed by atoms with van der Waals surface area (Å²) in [6.07, 6.45) is 0.754. The Hall–Kier alpha value is -2.40. The Kier molecular flexibility index (Phi) is 3.08. The van der Waals surface area contributed by atoms with Gasteiger partial charge in [-0.15, -0.1) is 0 Å². The second-order valence-corrected chi connectivity index (χ2v) is 5.55. The van der Waals surface area contributed by atoms with E-state index in [2.05, 4.69) is 5.01 Å². The number of rotatable bonds is 2. The smallest absolute Gasteiger partial charge is 0.271 e. The van der Waals surface area contributed by atoms with Crippen molar-refractivity contribution in [3.63, 3.8) is 0 Å². The molecule has 0 unspecified atom stereocenters. The summed E-state index contributed by atoms with van der Waals surface area (Å²) in [7, 11) is 0. The minimum Gasteiger partial charge on any atom is -0.271 e. The van der Waals surface area contributed by atoms with Crippen molar-refractivity contribution in [2.45, 2.75) is 12.6 Å². The van der Waals surface area contributed by atoms with Crippen molar-refractivity contribution in [3.05, 3.63) is 66.0 Å². The van der Waals surface area contributed by atoms with Crippen LogP contribution >= 0.6 is 0 Å². The molecule has 1 atom stereocenters. The summed E-state index contributed by atoms with van der Waals surface area (Å²) in [4.78, 5) is 14.6. The van der Waals surface area contributed by atoms with Gasteiger partial charge in [0, 0.05) is 18.8 Å². The molecule has 2 aromatic carbocycles. The minimum atomic E-state index is -0.266. The van der Waals surface area contributed by atoms with E-state index in [-0.39, 0.29) is 18.0 Å². The van der Waals surface area contributed by atoms with E-state index in [1.807, 2.05) is 30.3 Å². The fourth-order valence-corrected chi connectivity index (χ4v) is 3.25. The number of carbonyl (C=O) groups is 1. The fraction of sp³-hybridized carbons (Fsp3) is 0.235. The molecule has 0 spiro atoms. The third-order valence-corrected chi connectivity index (χ3v) is 4.22. The van der Waals surface area contributed by atoms with Gasteiger partial charge in [0.15, 0.2) is 0 Å². The Morgan fingerprint density at radius 1 is 0.955 bits per heavy atom. The zero-order chi connectivity index (χ0) is 15.1. The van der Waals surface area contributed by atoms with Gasteiger partial charge in [-0.05, 0) is 36.2 Å². The maximum atomic E-state index is 13.2. The van der Waals surface area contributed by atoms with Gasteiger partial charge >= 0.3 is 6.03 Å². The molecule has 2 heterocycles. The van der Waals surface area contributed by atoms with Crippen LogP contribution in [0.25, 0.3) is 0 Å². The number of benzene rings is 2. The first-order valence-electron chi connectivity index (χ1n) is 7.43. The zero-order valence-electron chi connectivity index (χ0n) is 12.0. The van der Waals surface area contributed by atoms with Crippen molar-refractivity contribution in [1.82, 2.24) is 10.0 Å². The monoisotopic (exact) mass is 297 g/mol. The van der Waals surface area contributed by atoms with Gasteiger partial charge < -0.3 is 0 Å². The molecule has 4 nitrogen and oxygen atoms in total. The lowest BCUT2D eigenvalue weighted by Gasteiger charge is -2.27. The molecule has 112 valence electrons. The minimum absolute atomic E-state index is 0.0157. The summed E-state index contributed by atoms with van der Waals surface area (Å²) in [5.74, 6) is -0.266. The molecule has 2 amide bonds. The molecule has 2 aliphatic heterocycles. The molecular weight excluding hydrogens is 281 g/mol. The first kappa shape index (κ1) is 13.3. The summed E-state index contributed by atoms with van der Waals surface area (Å²) in [6.45, 7) is 1.57. The number of amides is 2. The van der Waals surface area contributed by atoms with Gasteiger partial charge in [-0.3, -0.25) is 9.91 Å². The Morgan fingerprint density at radius 3 is 2.41 bits per heavy atom. The summed E-state index contributed by atoms with van der Waals surface area (Å²) in [5, 5.41) is 3.86. The molecule has 5 heteroatoms. The van der Waals surface area contributed by atoms with Gasteiger partial charge in [0.1, 0.15) is 12.0 Å². The number of anilines is 1. The molecule has 0 aromatic heterocycles. The molecule has 0 aliphatic carbocycles. The van der Waals surface area contributed by atoms with Gasteiger partial charge in [0.2, 0.25) is 0 Å². The Labute approximate surface area is 128 Å². The average Bonchev–Trinajstić information content (AvgIpc) is 3.12. The molecule has 4 rings (SSSR count). The highest BCUT2D eigenvalue weighted by atomic mass is 19.1. The molecular formula is C17H16FN3O. The SMILES string of the molecule is O=C1N(c2ccccc2)[C@H](c2ccc(F)cc2)N2CCCN12. The van der Waals surface area contributed by atoms with Gasteiger partial charge in [-0.25, -0.2) is 9.18 Å². The van der Waals surface area contributed by atoms with Crippen LogP contribution in [0, 0.1) is 5.82 Å². The highest BCUT2D eigenvalue weighted by Crippen LogP contribution is 2.40. The number of nitrogens with zero attached hydrogens (tertiary/aromatic N) is 3. The third-order valence-electron chi connectivity index (χ3n) is 4.22. The van der Waals surface area contributed by atoms with Gasteiger partial charge in [-0.1, -0.05) is 30.3 Å². The van der Waals surface area contributed by atoms with Crippen molar-refractivity contribution in [2.24, 2.45) is 0 Å². The molecule has 22 heavy (non-hydrogen) atoms. The third kappa shape index (κ3) is 1.97. The maximum Gasteiger partial charge on any atom is 0.340 e. The standard InChI is InChI=1S/C17H16FN3O/c18-14-9-7-13(8-10-14)16-19-11-4-12-20(19)17(22)21(16)15-5-2-1-3-6-15/h1-3,5-10,16H,4,11-12H2/t16-/m1/s1. The van der Waals surface area contributed by atoms with Gasteiger partial charge in [-0.2, -0.15) is 5.01 Å². The summed E-state index contributed by atoms with van der Waals surface area (Å²) < 4.78 is 13.2. The molecule has 0 N–H and O–H groups in total. The lowest BCUT2D eigenvalue weighted by atomic mass is 10.1. The van der Waals surface area contributed by atoms with Crippen molar-refractivity contribution in [3.8, 4) is 0 Å². The number of hydrazine groups is 1. The van der Waals surface area contributed by atoms with Crippen LogP contribution in [0.4, 0.5) is 14.9 Å². The van der Waals surface area contributed by atoms with Crippen LogP contribution < -0.4 is 4.90 Å². The predicted molar refractivity (Wildman–Crippen MR) is 81.5 cm³/mol. The first-order chi connectivity index (χ1) is 10.8. The fourth-order valence-electron chi connectivity index (χ4n) is 3.25. The Morgan fingerprint density at radius 2 is 1.68 bits per heavy atom. The van der Waals surface area contributed by atoms with E-state index in [1.165, 1.54) is 12.1 Å². The number of para-hydroxylation sites is 1. The van der Waals surface area contributed by atoms with E-state index in [0.717, 1.165) is 30.8 Å². The number of urea groups is 1. The first-order valence-corrected chi connectivity index (χ1v) is 7.43. The van der Waals surface area contributed by atoms with E-state index >= 15 is 0 Å². The molecule has 0 saturated carbocycles. The van der Waals surface area contributed by atoms with Crippen molar-refractivity contribution < 1.29 is 9.18 Å². The second kappa shape index (κ2) is 5.10. The van der Waals surface area contributed by atoms with Crippen molar-refractivity contribution in [2.75, 3.05) is 18.0 Å². The lowest BCUT2D eigenvalue weighted by molar-refractivity contribution is 0.0727. The zero-order valence-corrected chi connectivity index (χ0v) is 12.0. The maximum absolute atomic E-state index is 13.2. The predicted octanol–water partition coefficient (Wildman–Crippen LogP) is 3.39. The molecule has 2 aromatic rings. The van der Waals surface area contributed by atoms with Gasteiger partial charge in [0.05, 0.1) is 0 Å². The summed E-state index contributed by atoms with van der Waals surface area (Å²) >= 11 is 0. The quantitative estimate of drug-likeness (QED) is 0.849. The Bertz CT molecular complexity index is 689. The highest BCUT2D eigenvalue weighted by Gasteiger charge is 2.47. The highest BCUT2D eigenvalue weighted by molar-refractivity contribution is 5.94. The van der Waals surface area contributed by atoms with E-state index in [4.69, 9.17) is 0 Å². The van der Waals surface area contributed by atoms with E-state index in [1.54, 1.807) is 22.0 Å². The second-order valence-electron chi connectivity index (χ2n) is 5.55. The van der Waals surface area contributed by atoms with E-state index < -0.39 is 0 Å². The van der Waals surface area contributed by atoms with Crippen LogP contribution in [0.1, 0.15) is 18.2 Å². The largest absolute Gasteiger partial charge is 0.340 e. The van der Waals surface area contributed by atoms with Crippen LogP contribution in [0.5, 0.6) is 0 Å². The normalized spacial score (nSPS) is 21.5. The lowest BCUT2D eigenvalue weighted by Crippen LogP contribution is -2.32. The summed E-state index contributed by atoms with van der Waals surface area (Å²) in [5.41, 5.74) is 1.78. The van der Waals surface area contributed by atoms with Crippen LogP contribution in [-0.4, -0.2) is 29.1 Å². The number of fused-ring (bicyclic) bond motifs is 1. The van der Waals surface area contributed by atoms with Crippen LogP contribution in [0.2, 0.25) is 0 Å². The van der Waals surface area contributed by atoms with E-state index in [9.17, 15) is 9.18 Å². The molecule has 2 fully saturated rings. The van der Waals surface area contributed by atoms with E-state index in [0.29, 0.717) is 0 Å². The summed E-state index contributed by atoms with van der Waals surface area (Å²) in [6, 6.07) is 16.0. The molecule has 2 aliphatic rings. The van der Waals surface area contributed by atoms with Crippen molar-refractivity contribution >= 4 is 11.7 Å². The number of halogens is 1. The van der Waals surface area contributed by atoms with Crippen LogP contribution in [0.15, 0.2) is 54.6 Å². The topological polar surface area (TPSA) is 26.8 Å².